The van der Waals surface area contributed by atoms with Gasteiger partial charge in [-0.05, 0) is 37.8 Å². The summed E-state index contributed by atoms with van der Waals surface area (Å²) in [6.07, 6.45) is 3.02. The average molecular weight is 301 g/mol. The quantitative estimate of drug-likeness (QED) is 0.839. The Hall–Kier alpha value is -1.88. The predicted octanol–water partition coefficient (Wildman–Crippen LogP) is 1.99. The van der Waals surface area contributed by atoms with Crippen LogP contribution in [0, 0.1) is 0 Å². The molecule has 118 valence electrons. The first-order valence-corrected chi connectivity index (χ1v) is 7.94. The van der Waals surface area contributed by atoms with E-state index < -0.39 is 5.54 Å². The summed E-state index contributed by atoms with van der Waals surface area (Å²) in [5.74, 6) is -0.0874. The summed E-state index contributed by atoms with van der Waals surface area (Å²) in [5.41, 5.74) is 0.462. The minimum absolute atomic E-state index is 0.0874. The molecule has 0 bridgehead atoms. The van der Waals surface area contributed by atoms with E-state index in [-0.39, 0.29) is 17.5 Å². The number of nitrogens with one attached hydrogen (secondary N) is 2. The molecule has 1 saturated heterocycles. The molecule has 1 aliphatic carbocycles. The number of likely N-dealkylation sites (N-methyl/N-ethyl adjacent to an activating group) is 1. The first-order chi connectivity index (χ1) is 10.5. The number of urea groups is 1. The maximum atomic E-state index is 12.4. The van der Waals surface area contributed by atoms with Gasteiger partial charge in [-0.3, -0.25) is 9.69 Å². The highest BCUT2D eigenvalue weighted by molar-refractivity contribution is 6.06. The summed E-state index contributed by atoms with van der Waals surface area (Å²) in [5, 5.41) is 6.53. The predicted molar refractivity (Wildman–Crippen MR) is 84.3 cm³/mol. The van der Waals surface area contributed by atoms with Crippen molar-refractivity contribution < 1.29 is 9.59 Å². The Labute approximate surface area is 131 Å². The van der Waals surface area contributed by atoms with E-state index in [1.165, 1.54) is 10.5 Å². The van der Waals surface area contributed by atoms with E-state index in [1.54, 1.807) is 7.05 Å². The molecule has 22 heavy (non-hydrogen) atoms. The lowest BCUT2D eigenvalue weighted by Crippen LogP contribution is -2.56. The molecular weight excluding hydrogens is 278 g/mol. The second-order valence-corrected chi connectivity index (χ2v) is 6.35. The SMILES string of the molecule is CCN[C@]1(c2ccccc2)CC[C@@]2(CC1)NC(=O)N(C)C2=O. The number of imide groups is 1. The van der Waals surface area contributed by atoms with Crippen LogP contribution in [0.5, 0.6) is 0 Å². The second-order valence-electron chi connectivity index (χ2n) is 6.35. The molecule has 3 rings (SSSR count). The Morgan fingerprint density at radius 2 is 1.77 bits per heavy atom. The van der Waals surface area contributed by atoms with Gasteiger partial charge in [0.05, 0.1) is 0 Å². The molecule has 1 aromatic rings. The maximum absolute atomic E-state index is 12.4. The van der Waals surface area contributed by atoms with Gasteiger partial charge in [-0.25, -0.2) is 4.79 Å². The topological polar surface area (TPSA) is 61.4 Å². The maximum Gasteiger partial charge on any atom is 0.324 e. The van der Waals surface area contributed by atoms with Crippen molar-refractivity contribution in [3.63, 3.8) is 0 Å². The highest BCUT2D eigenvalue weighted by Crippen LogP contribution is 2.43. The van der Waals surface area contributed by atoms with Crippen molar-refractivity contribution in [2.75, 3.05) is 13.6 Å². The van der Waals surface area contributed by atoms with Crippen LogP contribution in [-0.4, -0.2) is 36.0 Å². The molecular formula is C17H23N3O2. The molecule has 1 heterocycles. The summed E-state index contributed by atoms with van der Waals surface area (Å²) < 4.78 is 0. The second kappa shape index (κ2) is 5.39. The van der Waals surface area contributed by atoms with Crippen LogP contribution >= 0.6 is 0 Å². The molecule has 1 saturated carbocycles. The van der Waals surface area contributed by atoms with Gasteiger partial charge >= 0.3 is 6.03 Å². The van der Waals surface area contributed by atoms with Crippen LogP contribution in [-0.2, 0) is 10.3 Å². The zero-order valence-electron chi connectivity index (χ0n) is 13.2. The Bertz CT molecular complexity index is 577. The van der Waals surface area contributed by atoms with Crippen LogP contribution in [0.25, 0.3) is 0 Å². The molecule has 1 aliphatic heterocycles. The fourth-order valence-electron chi connectivity index (χ4n) is 3.86. The van der Waals surface area contributed by atoms with Gasteiger partial charge in [0.25, 0.3) is 5.91 Å². The van der Waals surface area contributed by atoms with Gasteiger partial charge in [0, 0.05) is 12.6 Å². The third kappa shape index (κ3) is 2.20. The molecule has 1 aromatic carbocycles. The molecule has 2 aliphatic rings. The van der Waals surface area contributed by atoms with Gasteiger partial charge in [0.15, 0.2) is 0 Å². The van der Waals surface area contributed by atoms with Crippen LogP contribution in [0.1, 0.15) is 38.2 Å². The van der Waals surface area contributed by atoms with Crippen molar-refractivity contribution in [3.05, 3.63) is 35.9 Å². The molecule has 5 heteroatoms. The number of rotatable bonds is 3. The van der Waals surface area contributed by atoms with E-state index in [0.29, 0.717) is 12.8 Å². The lowest BCUT2D eigenvalue weighted by atomic mass is 9.69. The zero-order valence-corrected chi connectivity index (χ0v) is 13.2. The van der Waals surface area contributed by atoms with Gasteiger partial charge in [-0.15, -0.1) is 0 Å². The normalized spacial score (nSPS) is 31.6. The molecule has 0 aromatic heterocycles. The van der Waals surface area contributed by atoms with Crippen molar-refractivity contribution in [1.82, 2.24) is 15.5 Å². The number of hydrogen-bond acceptors (Lipinski definition) is 3. The fourth-order valence-corrected chi connectivity index (χ4v) is 3.86. The average Bonchev–Trinajstić information content (AvgIpc) is 2.76. The molecule has 1 spiro atoms. The van der Waals surface area contributed by atoms with Gasteiger partial charge in [-0.1, -0.05) is 37.3 Å². The standard InChI is InChI=1S/C17H23N3O2/c1-3-18-16(13-7-5-4-6-8-13)9-11-17(12-10-16)14(21)20(2)15(22)19-17/h4-8,18H,3,9-12H2,1-2H3,(H,19,22)/t16-,17+. The molecule has 3 amide bonds. The number of hydrogen-bond donors (Lipinski definition) is 2. The van der Waals surface area contributed by atoms with E-state index in [0.717, 1.165) is 19.4 Å². The Morgan fingerprint density at radius 3 is 2.27 bits per heavy atom. The molecule has 2 N–H and O–H groups in total. The number of nitrogens with zero attached hydrogens (tertiary/aromatic N) is 1. The van der Waals surface area contributed by atoms with E-state index >= 15 is 0 Å². The fraction of sp³-hybridized carbons (Fsp3) is 0.529. The molecule has 5 nitrogen and oxygen atoms in total. The minimum atomic E-state index is -0.695. The van der Waals surface area contributed by atoms with Crippen LogP contribution in [0.4, 0.5) is 4.79 Å². The highest BCUT2D eigenvalue weighted by atomic mass is 16.2. The largest absolute Gasteiger partial charge is 0.324 e. The van der Waals surface area contributed by atoms with Crippen LogP contribution in [0.2, 0.25) is 0 Å². The van der Waals surface area contributed by atoms with Crippen molar-refractivity contribution in [3.8, 4) is 0 Å². The third-order valence-electron chi connectivity index (χ3n) is 5.16. The van der Waals surface area contributed by atoms with Crippen LogP contribution in [0.3, 0.4) is 0 Å². The Kier molecular flexibility index (Phi) is 3.68. The summed E-state index contributed by atoms with van der Waals surface area (Å²) in [7, 11) is 1.55. The summed E-state index contributed by atoms with van der Waals surface area (Å²) in [6, 6.07) is 10.1. The van der Waals surface area contributed by atoms with Gasteiger partial charge in [-0.2, -0.15) is 0 Å². The van der Waals surface area contributed by atoms with E-state index in [9.17, 15) is 9.59 Å². The third-order valence-corrected chi connectivity index (χ3v) is 5.16. The van der Waals surface area contributed by atoms with Crippen molar-refractivity contribution in [1.29, 1.82) is 0 Å². The van der Waals surface area contributed by atoms with E-state index in [1.807, 2.05) is 6.07 Å². The monoisotopic (exact) mass is 301 g/mol. The smallest absolute Gasteiger partial charge is 0.323 e. The van der Waals surface area contributed by atoms with Crippen LogP contribution < -0.4 is 10.6 Å². The van der Waals surface area contributed by atoms with E-state index in [2.05, 4.69) is 41.8 Å². The molecule has 2 fully saturated rings. The Balaban J connectivity index is 1.85. The number of carbonyl (C=O) groups is 2. The van der Waals surface area contributed by atoms with E-state index in [4.69, 9.17) is 0 Å². The van der Waals surface area contributed by atoms with Crippen molar-refractivity contribution >= 4 is 11.9 Å². The van der Waals surface area contributed by atoms with Crippen molar-refractivity contribution in [2.45, 2.75) is 43.7 Å². The lowest BCUT2D eigenvalue weighted by Gasteiger charge is -2.44. The van der Waals surface area contributed by atoms with Crippen molar-refractivity contribution in [2.24, 2.45) is 0 Å². The molecule has 0 radical (unpaired) electrons. The van der Waals surface area contributed by atoms with Crippen LogP contribution in [0.15, 0.2) is 30.3 Å². The number of amides is 3. The number of benzene rings is 1. The van der Waals surface area contributed by atoms with Gasteiger partial charge < -0.3 is 10.6 Å². The molecule has 0 atom stereocenters. The summed E-state index contributed by atoms with van der Waals surface area (Å²) in [4.78, 5) is 25.4. The lowest BCUT2D eigenvalue weighted by molar-refractivity contribution is -0.132. The summed E-state index contributed by atoms with van der Waals surface area (Å²) in [6.45, 7) is 2.98. The first-order valence-electron chi connectivity index (χ1n) is 7.94. The highest BCUT2D eigenvalue weighted by Gasteiger charge is 2.54. The van der Waals surface area contributed by atoms with Gasteiger partial charge in [0.1, 0.15) is 5.54 Å². The molecule has 0 unspecified atom stereocenters. The minimum Gasteiger partial charge on any atom is -0.323 e. The number of carbonyl (C=O) groups excluding carboxylic acids is 2. The summed E-state index contributed by atoms with van der Waals surface area (Å²) >= 11 is 0. The Morgan fingerprint density at radius 1 is 1.14 bits per heavy atom. The zero-order chi connectivity index (χ0) is 15.8. The first kappa shape index (κ1) is 15.0. The van der Waals surface area contributed by atoms with Gasteiger partial charge in [0.2, 0.25) is 0 Å².